The summed E-state index contributed by atoms with van der Waals surface area (Å²) in [5, 5.41) is 2.99. The van der Waals surface area contributed by atoms with Crippen LogP contribution in [0.3, 0.4) is 0 Å². The van der Waals surface area contributed by atoms with Crippen molar-refractivity contribution in [2.45, 2.75) is 44.6 Å². The first kappa shape index (κ1) is 23.8. The van der Waals surface area contributed by atoms with Crippen molar-refractivity contribution in [3.8, 4) is 0 Å². The number of hydrogen-bond acceptors (Lipinski definition) is 3. The fraction of sp³-hybridized carbons (Fsp3) is 0.240. The summed E-state index contributed by atoms with van der Waals surface area (Å²) in [5.41, 5.74) is 3.63. The number of halogens is 1. The van der Waals surface area contributed by atoms with Crippen LogP contribution in [-0.2, 0) is 16.4 Å². The molecule has 1 amide bonds. The van der Waals surface area contributed by atoms with Gasteiger partial charge in [0.25, 0.3) is 15.9 Å². The van der Waals surface area contributed by atoms with Crippen LogP contribution < -0.4 is 10.0 Å². The van der Waals surface area contributed by atoms with Gasteiger partial charge in [0, 0.05) is 11.6 Å². The molecule has 3 aromatic carbocycles. The number of amides is 1. The summed E-state index contributed by atoms with van der Waals surface area (Å²) in [6.07, 6.45) is 1.60. The third-order valence-electron chi connectivity index (χ3n) is 5.21. The number of anilines is 1. The van der Waals surface area contributed by atoms with Gasteiger partial charge in [-0.25, -0.2) is 8.42 Å². The van der Waals surface area contributed by atoms with Gasteiger partial charge in [-0.2, -0.15) is 0 Å². The van der Waals surface area contributed by atoms with Crippen LogP contribution in [0, 0.1) is 13.8 Å². The van der Waals surface area contributed by atoms with Crippen LogP contribution in [0.15, 0.2) is 71.6 Å². The number of carbonyl (C=O) groups is 1. The van der Waals surface area contributed by atoms with Crippen molar-refractivity contribution in [3.63, 3.8) is 0 Å². The van der Waals surface area contributed by atoms with Gasteiger partial charge in [0.2, 0.25) is 0 Å². The smallest absolute Gasteiger partial charge is 0.263 e. The van der Waals surface area contributed by atoms with Gasteiger partial charge in [0.1, 0.15) is 4.90 Å². The summed E-state index contributed by atoms with van der Waals surface area (Å²) in [7, 11) is -3.98. The zero-order valence-corrected chi connectivity index (χ0v) is 19.9. The van der Waals surface area contributed by atoms with Gasteiger partial charge >= 0.3 is 0 Å². The van der Waals surface area contributed by atoms with Gasteiger partial charge in [-0.3, -0.25) is 9.52 Å². The van der Waals surface area contributed by atoms with Crippen molar-refractivity contribution in [3.05, 3.63) is 94.0 Å². The van der Waals surface area contributed by atoms with Gasteiger partial charge in [0.15, 0.2) is 0 Å². The molecule has 5 nitrogen and oxygen atoms in total. The molecule has 0 aliphatic carbocycles. The molecule has 0 saturated heterocycles. The van der Waals surface area contributed by atoms with Crippen LogP contribution in [0.25, 0.3) is 0 Å². The summed E-state index contributed by atoms with van der Waals surface area (Å²) in [4.78, 5) is 12.6. The Balaban J connectivity index is 1.74. The van der Waals surface area contributed by atoms with Crippen LogP contribution >= 0.6 is 11.6 Å². The Kier molecular flexibility index (Phi) is 7.59. The average Bonchev–Trinajstić information content (AvgIpc) is 2.75. The molecule has 32 heavy (non-hydrogen) atoms. The molecule has 0 fully saturated rings. The summed E-state index contributed by atoms with van der Waals surface area (Å²) < 4.78 is 28.6. The van der Waals surface area contributed by atoms with Gasteiger partial charge in [-0.1, -0.05) is 54.1 Å². The molecule has 0 radical (unpaired) electrons. The highest BCUT2D eigenvalue weighted by Gasteiger charge is 2.21. The SMILES string of the molecule is Cc1ccc(C)c(NS(=O)(=O)c2cc(C(=O)N[C@H](C)CCc3ccccc3)ccc2Cl)c1. The quantitative estimate of drug-likeness (QED) is 0.455. The van der Waals surface area contributed by atoms with Crippen molar-refractivity contribution >= 4 is 33.2 Å². The second-order valence-electron chi connectivity index (χ2n) is 7.97. The molecular formula is C25H27ClN2O3S. The maximum absolute atomic E-state index is 13.0. The molecule has 0 heterocycles. The van der Waals surface area contributed by atoms with E-state index in [1.807, 2.05) is 63.2 Å². The van der Waals surface area contributed by atoms with Crippen molar-refractivity contribution in [1.82, 2.24) is 5.32 Å². The Morgan fingerprint density at radius 3 is 2.44 bits per heavy atom. The largest absolute Gasteiger partial charge is 0.350 e. The van der Waals surface area contributed by atoms with Gasteiger partial charge < -0.3 is 5.32 Å². The lowest BCUT2D eigenvalue weighted by Crippen LogP contribution is -2.33. The maximum Gasteiger partial charge on any atom is 0.263 e. The van der Waals surface area contributed by atoms with E-state index in [0.29, 0.717) is 5.69 Å². The molecule has 168 valence electrons. The normalized spacial score (nSPS) is 12.2. The van der Waals surface area contributed by atoms with Crippen molar-refractivity contribution in [1.29, 1.82) is 0 Å². The van der Waals surface area contributed by atoms with E-state index in [4.69, 9.17) is 11.6 Å². The fourth-order valence-corrected chi connectivity index (χ4v) is 4.95. The molecule has 0 aliphatic rings. The number of benzene rings is 3. The van der Waals surface area contributed by atoms with E-state index in [-0.39, 0.29) is 27.4 Å². The van der Waals surface area contributed by atoms with Gasteiger partial charge in [-0.15, -0.1) is 0 Å². The lowest BCUT2D eigenvalue weighted by Gasteiger charge is -2.16. The number of rotatable bonds is 8. The van der Waals surface area contributed by atoms with Crippen molar-refractivity contribution in [2.75, 3.05) is 4.72 Å². The number of aryl methyl sites for hydroxylation is 3. The first-order valence-electron chi connectivity index (χ1n) is 10.4. The molecule has 0 aromatic heterocycles. The first-order valence-corrected chi connectivity index (χ1v) is 12.3. The first-order chi connectivity index (χ1) is 15.2. The van der Waals surface area contributed by atoms with E-state index in [2.05, 4.69) is 10.0 Å². The molecule has 7 heteroatoms. The monoisotopic (exact) mass is 470 g/mol. The standard InChI is InChI=1S/C25H27ClN2O3S/c1-17-9-10-18(2)23(15-17)28-32(30,31)24-16-21(13-14-22(24)26)25(29)27-19(3)11-12-20-7-5-4-6-8-20/h4-10,13-16,19,28H,11-12H2,1-3H3,(H,27,29)/t19-/m1/s1. The average molecular weight is 471 g/mol. The second-order valence-corrected chi connectivity index (χ2v) is 10.0. The van der Waals surface area contributed by atoms with Crippen LogP contribution in [-0.4, -0.2) is 20.4 Å². The Bertz CT molecular complexity index is 1210. The van der Waals surface area contributed by atoms with Crippen LogP contribution in [0.4, 0.5) is 5.69 Å². The highest BCUT2D eigenvalue weighted by atomic mass is 35.5. The third kappa shape index (κ3) is 6.11. The van der Waals surface area contributed by atoms with E-state index in [0.717, 1.165) is 24.0 Å². The minimum absolute atomic E-state index is 0.0523. The summed E-state index contributed by atoms with van der Waals surface area (Å²) in [6.45, 7) is 5.63. The van der Waals surface area contributed by atoms with E-state index in [1.54, 1.807) is 6.07 Å². The molecule has 2 N–H and O–H groups in total. The van der Waals surface area contributed by atoms with E-state index in [9.17, 15) is 13.2 Å². The number of hydrogen-bond donors (Lipinski definition) is 2. The van der Waals surface area contributed by atoms with Crippen LogP contribution in [0.2, 0.25) is 5.02 Å². The molecule has 3 aromatic rings. The maximum atomic E-state index is 13.0. The fourth-order valence-electron chi connectivity index (χ4n) is 3.30. The Morgan fingerprint density at radius 1 is 1.00 bits per heavy atom. The van der Waals surface area contributed by atoms with Crippen molar-refractivity contribution in [2.24, 2.45) is 0 Å². The van der Waals surface area contributed by atoms with Gasteiger partial charge in [0.05, 0.1) is 10.7 Å². The molecule has 1 atom stereocenters. The second kappa shape index (κ2) is 10.2. The molecular weight excluding hydrogens is 444 g/mol. The highest BCUT2D eigenvalue weighted by Crippen LogP contribution is 2.27. The molecule has 0 saturated carbocycles. The lowest BCUT2D eigenvalue weighted by atomic mass is 10.1. The number of sulfonamides is 1. The predicted molar refractivity (Wildman–Crippen MR) is 130 cm³/mol. The lowest BCUT2D eigenvalue weighted by molar-refractivity contribution is 0.0938. The molecule has 0 aliphatic heterocycles. The Labute approximate surface area is 194 Å². The Hall–Kier alpha value is -2.83. The molecule has 0 spiro atoms. The summed E-state index contributed by atoms with van der Waals surface area (Å²) in [5.74, 6) is -0.342. The zero-order valence-electron chi connectivity index (χ0n) is 18.4. The van der Waals surface area contributed by atoms with Crippen LogP contribution in [0.5, 0.6) is 0 Å². The minimum Gasteiger partial charge on any atom is -0.350 e. The van der Waals surface area contributed by atoms with E-state index < -0.39 is 10.0 Å². The molecule has 3 rings (SSSR count). The number of nitrogens with one attached hydrogen (secondary N) is 2. The summed E-state index contributed by atoms with van der Waals surface area (Å²) in [6, 6.07) is 19.7. The Morgan fingerprint density at radius 2 is 1.72 bits per heavy atom. The van der Waals surface area contributed by atoms with E-state index >= 15 is 0 Å². The zero-order chi connectivity index (χ0) is 23.3. The number of carbonyl (C=O) groups excluding carboxylic acids is 1. The summed E-state index contributed by atoms with van der Waals surface area (Å²) >= 11 is 6.20. The topological polar surface area (TPSA) is 75.3 Å². The van der Waals surface area contributed by atoms with E-state index in [1.165, 1.54) is 23.8 Å². The predicted octanol–water partition coefficient (Wildman–Crippen LogP) is 5.51. The highest BCUT2D eigenvalue weighted by molar-refractivity contribution is 7.92. The molecule has 0 bridgehead atoms. The van der Waals surface area contributed by atoms with Gasteiger partial charge in [-0.05, 0) is 74.6 Å². The van der Waals surface area contributed by atoms with Crippen molar-refractivity contribution < 1.29 is 13.2 Å². The third-order valence-corrected chi connectivity index (χ3v) is 7.05. The molecule has 0 unspecified atom stereocenters. The van der Waals surface area contributed by atoms with Crippen LogP contribution in [0.1, 0.15) is 40.4 Å². The minimum atomic E-state index is -3.98.